The zero-order chi connectivity index (χ0) is 17.9. The van der Waals surface area contributed by atoms with Crippen LogP contribution in [0, 0.1) is 22.7 Å². The second-order valence-electron chi connectivity index (χ2n) is 9.82. The van der Waals surface area contributed by atoms with Crippen molar-refractivity contribution in [2.75, 3.05) is 6.61 Å². The minimum absolute atomic E-state index is 0.0153. The molecule has 2 saturated carbocycles. The number of cyclic esters (lactones) is 1. The van der Waals surface area contributed by atoms with Crippen LogP contribution in [0.15, 0.2) is 22.8 Å². The minimum atomic E-state index is -0.618. The van der Waals surface area contributed by atoms with E-state index in [-0.39, 0.29) is 35.4 Å². The Bertz CT molecular complexity index is 913. The average molecular weight is 354 g/mol. The van der Waals surface area contributed by atoms with Gasteiger partial charge in [-0.05, 0) is 36.7 Å². The third-order valence-electron chi connectivity index (χ3n) is 8.85. The van der Waals surface area contributed by atoms with E-state index in [0.29, 0.717) is 12.4 Å². The zero-order valence-electron chi connectivity index (χ0n) is 15.3. The summed E-state index contributed by atoms with van der Waals surface area (Å²) in [6.45, 7) is 6.80. The van der Waals surface area contributed by atoms with Crippen molar-refractivity contribution in [3.8, 4) is 0 Å². The van der Waals surface area contributed by atoms with Crippen LogP contribution in [0.25, 0.3) is 0 Å². The molecule has 4 fully saturated rings. The maximum Gasteiger partial charge on any atom is 0.334 e. The van der Waals surface area contributed by atoms with Gasteiger partial charge < -0.3 is 14.2 Å². The molecule has 5 nitrogen and oxygen atoms in total. The number of Topliss-reactive ketones (excluding diaryl/α,β-unsaturated/α-hetero) is 1. The molecule has 3 heterocycles. The first kappa shape index (κ1) is 14.6. The number of rotatable bonds is 1. The van der Waals surface area contributed by atoms with Crippen LogP contribution in [0.5, 0.6) is 0 Å². The van der Waals surface area contributed by atoms with E-state index in [2.05, 4.69) is 26.8 Å². The van der Waals surface area contributed by atoms with Gasteiger partial charge in [0.25, 0.3) is 0 Å². The van der Waals surface area contributed by atoms with Crippen molar-refractivity contribution in [3.05, 3.63) is 22.8 Å². The Morgan fingerprint density at radius 3 is 2.73 bits per heavy atom. The highest BCUT2D eigenvalue weighted by Gasteiger charge is 2.98. The number of ether oxygens (including phenoxy) is 3. The molecule has 136 valence electrons. The molecule has 7 aliphatic rings. The van der Waals surface area contributed by atoms with Gasteiger partial charge in [-0.2, -0.15) is 0 Å². The Balaban J connectivity index is 1.44. The summed E-state index contributed by atoms with van der Waals surface area (Å²) < 4.78 is 18.0. The Kier molecular flexibility index (Phi) is 2.03. The highest BCUT2D eigenvalue weighted by atomic mass is 16.7. The molecule has 0 N–H and O–H groups in total. The van der Waals surface area contributed by atoms with Gasteiger partial charge in [0.2, 0.25) is 0 Å². The van der Waals surface area contributed by atoms with Crippen molar-refractivity contribution in [1.29, 1.82) is 0 Å². The van der Waals surface area contributed by atoms with Gasteiger partial charge in [0.1, 0.15) is 24.4 Å². The van der Waals surface area contributed by atoms with Crippen molar-refractivity contribution >= 4 is 11.8 Å². The lowest BCUT2D eigenvalue weighted by atomic mass is 9.50. The lowest BCUT2D eigenvalue weighted by molar-refractivity contribution is -0.138. The third-order valence-corrected chi connectivity index (χ3v) is 8.85. The number of esters is 1. The van der Waals surface area contributed by atoms with E-state index in [0.717, 1.165) is 30.4 Å². The summed E-state index contributed by atoms with van der Waals surface area (Å²) in [5.74, 6) is 0.521. The Morgan fingerprint density at radius 2 is 1.96 bits per heavy atom. The van der Waals surface area contributed by atoms with Gasteiger partial charge in [0.15, 0.2) is 11.4 Å². The van der Waals surface area contributed by atoms with Crippen molar-refractivity contribution in [1.82, 2.24) is 0 Å². The van der Waals surface area contributed by atoms with Crippen molar-refractivity contribution in [3.63, 3.8) is 0 Å². The summed E-state index contributed by atoms with van der Waals surface area (Å²) in [6, 6.07) is 0. The lowest BCUT2D eigenvalue weighted by Gasteiger charge is -2.49. The summed E-state index contributed by atoms with van der Waals surface area (Å²) in [5.41, 5.74) is 1.43. The van der Waals surface area contributed by atoms with Gasteiger partial charge in [-0.3, -0.25) is 4.79 Å². The summed E-state index contributed by atoms with van der Waals surface area (Å²) in [4.78, 5) is 25.8. The first-order chi connectivity index (χ1) is 12.3. The number of fused-ring (bicyclic) bond motifs is 4. The van der Waals surface area contributed by atoms with Crippen LogP contribution >= 0.6 is 0 Å². The Morgan fingerprint density at radius 1 is 1.15 bits per heavy atom. The number of carbonyl (C=O) groups is 2. The van der Waals surface area contributed by atoms with E-state index in [1.807, 2.05) is 0 Å². The van der Waals surface area contributed by atoms with Gasteiger partial charge >= 0.3 is 5.97 Å². The van der Waals surface area contributed by atoms with E-state index < -0.39 is 16.6 Å². The molecule has 0 unspecified atom stereocenters. The molecule has 7 atom stereocenters. The number of carbonyl (C=O) groups excluding carboxylic acids is 2. The molecule has 0 aromatic heterocycles. The van der Waals surface area contributed by atoms with E-state index in [4.69, 9.17) is 14.2 Å². The quantitative estimate of drug-likeness (QED) is 0.533. The molecule has 0 aromatic rings. The van der Waals surface area contributed by atoms with Crippen LogP contribution in [-0.2, 0) is 23.8 Å². The molecule has 4 aliphatic carbocycles. The zero-order valence-corrected chi connectivity index (χ0v) is 15.3. The first-order valence-corrected chi connectivity index (χ1v) is 9.87. The molecular formula is C21H22O5. The average Bonchev–Trinajstić information content (AvgIpc) is 3.47. The molecule has 7 rings (SSSR count). The van der Waals surface area contributed by atoms with Crippen LogP contribution in [0.3, 0.4) is 0 Å². The summed E-state index contributed by atoms with van der Waals surface area (Å²) in [5, 5.41) is 0. The summed E-state index contributed by atoms with van der Waals surface area (Å²) in [7, 11) is 0. The van der Waals surface area contributed by atoms with Crippen LogP contribution in [0.1, 0.15) is 40.0 Å². The maximum atomic E-state index is 13.7. The smallest absolute Gasteiger partial charge is 0.334 e. The van der Waals surface area contributed by atoms with Gasteiger partial charge in [0.05, 0.1) is 5.41 Å². The Hall–Kier alpha value is -1.46. The molecule has 0 aromatic carbocycles. The molecule has 0 amide bonds. The van der Waals surface area contributed by atoms with Crippen LogP contribution in [0.4, 0.5) is 0 Å². The number of hydrogen-bond acceptors (Lipinski definition) is 5. The normalized spacial score (nSPS) is 57.2. The number of epoxide rings is 2. The highest BCUT2D eigenvalue weighted by molar-refractivity contribution is 6.03. The largest absolute Gasteiger partial charge is 0.457 e. The first-order valence-electron chi connectivity index (χ1n) is 9.87. The fraction of sp³-hybridized carbons (Fsp3) is 0.714. The third kappa shape index (κ3) is 1.08. The minimum Gasteiger partial charge on any atom is -0.457 e. The summed E-state index contributed by atoms with van der Waals surface area (Å²) in [6.07, 6.45) is 4.64. The molecule has 26 heavy (non-hydrogen) atoms. The monoisotopic (exact) mass is 354 g/mol. The van der Waals surface area contributed by atoms with Crippen LogP contribution in [-0.4, -0.2) is 41.8 Å². The van der Waals surface area contributed by atoms with Gasteiger partial charge in [-0.15, -0.1) is 0 Å². The van der Waals surface area contributed by atoms with E-state index in [9.17, 15) is 9.59 Å². The van der Waals surface area contributed by atoms with E-state index >= 15 is 0 Å². The molecule has 0 bridgehead atoms. The molecular weight excluding hydrogens is 332 g/mol. The number of hydrogen-bond donors (Lipinski definition) is 0. The van der Waals surface area contributed by atoms with Crippen LogP contribution < -0.4 is 0 Å². The van der Waals surface area contributed by atoms with E-state index in [1.54, 1.807) is 0 Å². The second-order valence-corrected chi connectivity index (χ2v) is 9.82. The van der Waals surface area contributed by atoms with E-state index in [1.165, 1.54) is 5.57 Å². The lowest BCUT2D eigenvalue weighted by Crippen LogP contribution is -2.60. The number of ketones is 1. The molecule has 2 spiro atoms. The number of allylic oxidation sites excluding steroid dienone is 1. The maximum absolute atomic E-state index is 13.7. The standard InChI is InChI=1S/C21H22O5/c1-9(2)20-14(25-20)15-21(26-15)18(3)5-4-11-12(8-24-16(11)22)13(18)6-10-7-19(10,21)17(20)23/h6,9-10,14-15H,4-5,7-8H2,1-3H3/t10-,14+,15+,18+,19+,20+,21-/m1/s1. The van der Waals surface area contributed by atoms with Gasteiger partial charge in [0, 0.05) is 16.6 Å². The van der Waals surface area contributed by atoms with Crippen molar-refractivity contribution in [2.45, 2.75) is 63.4 Å². The van der Waals surface area contributed by atoms with Gasteiger partial charge in [-0.25, -0.2) is 4.79 Å². The summed E-state index contributed by atoms with van der Waals surface area (Å²) >= 11 is 0. The fourth-order valence-electron chi connectivity index (χ4n) is 7.45. The fourth-order valence-corrected chi connectivity index (χ4v) is 7.45. The van der Waals surface area contributed by atoms with Gasteiger partial charge in [-0.1, -0.05) is 26.8 Å². The van der Waals surface area contributed by atoms with Crippen LogP contribution in [0.2, 0.25) is 0 Å². The predicted molar refractivity (Wildman–Crippen MR) is 89.0 cm³/mol. The Labute approximate surface area is 151 Å². The molecule has 5 heteroatoms. The topological polar surface area (TPSA) is 68.4 Å². The second kappa shape index (κ2) is 3.61. The molecule has 3 aliphatic heterocycles. The van der Waals surface area contributed by atoms with Crippen molar-refractivity contribution in [2.24, 2.45) is 22.7 Å². The molecule has 0 radical (unpaired) electrons. The SMILES string of the molecule is CC(C)[C@]12O[C@H]1[C@@H]1O[C@@]13[C@@]1(C)CCC4=C(COC4=O)C1=C[C@@H]1C[C@@]13C2=O. The predicted octanol–water partition coefficient (Wildman–Crippen LogP) is 2.10. The highest BCUT2D eigenvalue weighted by Crippen LogP contribution is 2.86. The van der Waals surface area contributed by atoms with Crippen molar-refractivity contribution < 1.29 is 23.8 Å². The molecule has 2 saturated heterocycles.